The summed E-state index contributed by atoms with van der Waals surface area (Å²) >= 11 is 0. The minimum atomic E-state index is -0.607. The molecular weight excluding hydrogens is 412 g/mol. The van der Waals surface area contributed by atoms with Gasteiger partial charge in [0.25, 0.3) is 5.91 Å². The highest BCUT2D eigenvalue weighted by molar-refractivity contribution is 6.07. The van der Waals surface area contributed by atoms with E-state index in [1.807, 2.05) is 0 Å². The molecule has 1 aliphatic heterocycles. The first-order chi connectivity index (χ1) is 15.5. The maximum absolute atomic E-state index is 12.7. The van der Waals surface area contributed by atoms with Crippen LogP contribution in [-0.4, -0.2) is 45.1 Å². The van der Waals surface area contributed by atoms with E-state index in [4.69, 9.17) is 4.42 Å². The number of Topliss-reactive ketones (excluding diaryl/α,β-unsaturated/α-hetero) is 1. The Labute approximate surface area is 183 Å². The molecule has 1 aliphatic carbocycles. The summed E-state index contributed by atoms with van der Waals surface area (Å²) < 4.78 is 6.58. The second-order valence-corrected chi connectivity index (χ2v) is 8.38. The van der Waals surface area contributed by atoms with Gasteiger partial charge in [-0.15, -0.1) is 0 Å². The molecule has 9 nitrogen and oxygen atoms in total. The number of carbonyl (C=O) groups is 3. The number of hydrogen-bond donors (Lipinski definition) is 2. The number of anilines is 1. The fourth-order valence-corrected chi connectivity index (χ4v) is 4.49. The highest BCUT2D eigenvalue weighted by atomic mass is 16.4. The lowest BCUT2D eigenvalue weighted by molar-refractivity contribution is -0.132. The topological polar surface area (TPSA) is 117 Å². The van der Waals surface area contributed by atoms with Gasteiger partial charge in [0.2, 0.25) is 5.91 Å². The van der Waals surface area contributed by atoms with Crippen LogP contribution in [0.2, 0.25) is 0 Å². The van der Waals surface area contributed by atoms with E-state index in [0.29, 0.717) is 47.6 Å². The molecule has 2 aromatic heterocycles. The van der Waals surface area contributed by atoms with Gasteiger partial charge in [-0.05, 0) is 56.4 Å². The highest BCUT2D eigenvalue weighted by Gasteiger charge is 2.23. The molecule has 0 radical (unpaired) electrons. The number of likely N-dealkylation sites (tertiary alicyclic amines) is 1. The van der Waals surface area contributed by atoms with Crippen molar-refractivity contribution in [2.75, 3.05) is 18.4 Å². The molecule has 1 saturated heterocycles. The lowest BCUT2D eigenvalue weighted by Gasteiger charge is -2.26. The van der Waals surface area contributed by atoms with Gasteiger partial charge in [-0.3, -0.25) is 19.0 Å². The van der Waals surface area contributed by atoms with Gasteiger partial charge in [0, 0.05) is 36.5 Å². The van der Waals surface area contributed by atoms with Crippen LogP contribution in [0.4, 0.5) is 5.69 Å². The summed E-state index contributed by atoms with van der Waals surface area (Å²) in [5.41, 5.74) is 2.94. The monoisotopic (exact) mass is 436 g/mol. The Hall–Kier alpha value is -3.62. The number of H-pyrrole nitrogens is 1. The Kier molecular flexibility index (Phi) is 5.16. The largest absolute Gasteiger partial charge is 0.420 e. The van der Waals surface area contributed by atoms with E-state index >= 15 is 0 Å². The average molecular weight is 436 g/mol. The molecule has 2 aliphatic rings. The van der Waals surface area contributed by atoms with Crippen molar-refractivity contribution in [1.29, 1.82) is 0 Å². The summed E-state index contributed by atoms with van der Waals surface area (Å²) in [7, 11) is 0. The maximum atomic E-state index is 12.7. The number of carbonyl (C=O) groups excluding carboxylic acids is 3. The number of fused-ring (bicyclic) bond motifs is 2. The third kappa shape index (κ3) is 3.74. The van der Waals surface area contributed by atoms with Crippen LogP contribution in [0.5, 0.6) is 0 Å². The van der Waals surface area contributed by atoms with Crippen molar-refractivity contribution in [3.05, 3.63) is 51.8 Å². The van der Waals surface area contributed by atoms with Crippen molar-refractivity contribution >= 4 is 34.4 Å². The molecule has 3 heterocycles. The first kappa shape index (κ1) is 20.3. The molecule has 2 N–H and O–H groups in total. The number of piperidine rings is 1. The number of nitrogens with one attached hydrogen (secondary N) is 2. The Morgan fingerprint density at radius 1 is 1.03 bits per heavy atom. The predicted octanol–water partition coefficient (Wildman–Crippen LogP) is 2.71. The fraction of sp³-hybridized carbons (Fsp3) is 0.391. The van der Waals surface area contributed by atoms with Gasteiger partial charge >= 0.3 is 5.76 Å². The van der Waals surface area contributed by atoms with Crippen LogP contribution in [-0.2, 0) is 17.8 Å². The third-order valence-corrected chi connectivity index (χ3v) is 6.20. The third-order valence-electron chi connectivity index (χ3n) is 6.20. The highest BCUT2D eigenvalue weighted by Crippen LogP contribution is 2.23. The number of rotatable bonds is 4. The van der Waals surface area contributed by atoms with E-state index in [0.717, 1.165) is 37.8 Å². The molecule has 9 heteroatoms. The maximum Gasteiger partial charge on any atom is 0.420 e. The molecule has 166 valence electrons. The van der Waals surface area contributed by atoms with E-state index in [-0.39, 0.29) is 24.1 Å². The van der Waals surface area contributed by atoms with Crippen LogP contribution in [0.15, 0.2) is 33.5 Å². The van der Waals surface area contributed by atoms with Gasteiger partial charge in [-0.2, -0.15) is 0 Å². The van der Waals surface area contributed by atoms with Crippen LogP contribution in [0, 0.1) is 0 Å². The van der Waals surface area contributed by atoms with Gasteiger partial charge in [-0.1, -0.05) is 0 Å². The molecule has 2 amide bonds. The first-order valence-electron chi connectivity index (χ1n) is 11.0. The number of hydrogen-bond acceptors (Lipinski definition) is 5. The van der Waals surface area contributed by atoms with E-state index in [1.165, 1.54) is 4.57 Å². The number of aryl methyl sites for hydroxylation is 1. The van der Waals surface area contributed by atoms with E-state index in [1.54, 1.807) is 29.2 Å². The molecule has 1 fully saturated rings. The van der Waals surface area contributed by atoms with Crippen molar-refractivity contribution in [2.45, 2.75) is 45.1 Å². The van der Waals surface area contributed by atoms with Crippen molar-refractivity contribution < 1.29 is 18.8 Å². The zero-order valence-corrected chi connectivity index (χ0v) is 17.6. The van der Waals surface area contributed by atoms with Crippen LogP contribution in [0.3, 0.4) is 0 Å². The summed E-state index contributed by atoms with van der Waals surface area (Å²) in [4.78, 5) is 54.6. The quantitative estimate of drug-likeness (QED) is 0.652. The number of ketones is 1. The summed E-state index contributed by atoms with van der Waals surface area (Å²) in [6.07, 6.45) is 5.06. The minimum absolute atomic E-state index is 0.0451. The van der Waals surface area contributed by atoms with Gasteiger partial charge in [-0.25, -0.2) is 4.79 Å². The van der Waals surface area contributed by atoms with Gasteiger partial charge in [0.15, 0.2) is 11.4 Å². The summed E-state index contributed by atoms with van der Waals surface area (Å²) in [5, 5.41) is 2.79. The second kappa shape index (κ2) is 8.14. The van der Waals surface area contributed by atoms with Gasteiger partial charge < -0.3 is 19.6 Å². The lowest BCUT2D eigenvalue weighted by Crippen LogP contribution is -2.39. The summed E-state index contributed by atoms with van der Waals surface area (Å²) in [6.45, 7) is 1.30. The average Bonchev–Trinajstić information content (AvgIpc) is 3.37. The minimum Gasteiger partial charge on any atom is -0.408 e. The number of nitrogens with zero attached hydrogens (tertiary/aromatic N) is 2. The zero-order chi connectivity index (χ0) is 22.2. The number of benzene rings is 1. The molecule has 1 aromatic carbocycles. The molecule has 0 saturated carbocycles. The van der Waals surface area contributed by atoms with E-state index in [9.17, 15) is 19.2 Å². The number of aromatic amines is 1. The Morgan fingerprint density at radius 2 is 1.84 bits per heavy atom. The Balaban J connectivity index is 1.38. The molecular formula is C23H24N4O5. The Morgan fingerprint density at radius 3 is 2.62 bits per heavy atom. The van der Waals surface area contributed by atoms with E-state index < -0.39 is 5.76 Å². The van der Waals surface area contributed by atoms with E-state index in [2.05, 4.69) is 10.3 Å². The molecule has 0 atom stereocenters. The second-order valence-electron chi connectivity index (χ2n) is 8.38. The molecule has 0 spiro atoms. The van der Waals surface area contributed by atoms with Crippen molar-refractivity contribution in [3.63, 3.8) is 0 Å². The lowest BCUT2D eigenvalue weighted by atomic mass is 9.97. The fourth-order valence-electron chi connectivity index (χ4n) is 4.49. The first-order valence-corrected chi connectivity index (χ1v) is 11.0. The molecule has 0 unspecified atom stereocenters. The number of aromatic nitrogens is 2. The smallest absolute Gasteiger partial charge is 0.408 e. The van der Waals surface area contributed by atoms with Gasteiger partial charge in [0.1, 0.15) is 12.2 Å². The van der Waals surface area contributed by atoms with Crippen LogP contribution in [0.25, 0.3) is 11.1 Å². The van der Waals surface area contributed by atoms with Crippen LogP contribution < -0.4 is 11.1 Å². The molecule has 5 rings (SSSR count). The van der Waals surface area contributed by atoms with Crippen molar-refractivity contribution in [1.82, 2.24) is 14.5 Å². The van der Waals surface area contributed by atoms with Crippen molar-refractivity contribution in [3.8, 4) is 0 Å². The van der Waals surface area contributed by atoms with Crippen LogP contribution in [0.1, 0.15) is 58.6 Å². The standard InChI is InChI=1S/C23H24N4O5/c28-19-6-4-5-16-15(19)12-17(25-16)22(30)24-14-7-8-20-18(11-14)27(23(31)32-20)13-21(29)26-9-2-1-3-10-26/h7-8,11-12,25H,1-6,9-10,13H2,(H,24,30). The molecule has 32 heavy (non-hydrogen) atoms. The molecule has 0 bridgehead atoms. The number of amides is 2. The summed E-state index contributed by atoms with van der Waals surface area (Å²) in [5.74, 6) is -1.06. The zero-order valence-electron chi connectivity index (χ0n) is 17.6. The Bertz CT molecular complexity index is 1280. The normalized spacial score (nSPS) is 16.2. The van der Waals surface area contributed by atoms with Crippen LogP contribution >= 0.6 is 0 Å². The number of oxazole rings is 1. The van der Waals surface area contributed by atoms with Gasteiger partial charge in [0.05, 0.1) is 5.52 Å². The predicted molar refractivity (Wildman–Crippen MR) is 117 cm³/mol. The summed E-state index contributed by atoms with van der Waals surface area (Å²) in [6, 6.07) is 6.44. The SMILES string of the molecule is O=C(Nc1ccc2oc(=O)n(CC(=O)N3CCCCC3)c2c1)c1cc2c([nH]1)CCCC2=O. The molecule has 3 aromatic rings. The van der Waals surface area contributed by atoms with Crippen molar-refractivity contribution in [2.24, 2.45) is 0 Å².